The normalized spacial score (nSPS) is 14.5. The number of nitrogens with zero attached hydrogens (tertiary/aromatic N) is 1. The van der Waals surface area contributed by atoms with Gasteiger partial charge in [0.05, 0.1) is 0 Å². The van der Waals surface area contributed by atoms with Gasteiger partial charge in [0.2, 0.25) is 0 Å². The van der Waals surface area contributed by atoms with E-state index in [9.17, 15) is 14.7 Å². The molecule has 0 spiro atoms. The lowest BCUT2D eigenvalue weighted by atomic mass is 10.0. The number of nitrogens with one attached hydrogen (secondary N) is 1. The molecule has 0 bridgehead atoms. The Balaban J connectivity index is 4.65. The van der Waals surface area contributed by atoms with Gasteiger partial charge in [-0.05, 0) is 48.1 Å². The highest BCUT2D eigenvalue weighted by Gasteiger charge is 2.26. The average Bonchev–Trinajstić information content (AvgIpc) is 2.25. The summed E-state index contributed by atoms with van der Waals surface area (Å²) in [6.45, 7) is 11.3. The number of carboxylic acid groups (broad SMARTS) is 1. The molecule has 1 unspecified atom stereocenters. The monoisotopic (exact) mass is 303 g/mol. The molecule has 2 atom stereocenters. The van der Waals surface area contributed by atoms with E-state index in [-0.39, 0.29) is 31.1 Å². The summed E-state index contributed by atoms with van der Waals surface area (Å²) in [6.07, 6.45) is -1.52. The molecular weight excluding hydrogens is 274 g/mol. The van der Waals surface area contributed by atoms with Crippen LogP contribution in [0.25, 0.3) is 0 Å². The predicted octanol–water partition coefficient (Wildman–Crippen LogP) is 1.86. The van der Waals surface area contributed by atoms with Crippen molar-refractivity contribution in [2.24, 2.45) is 11.7 Å². The summed E-state index contributed by atoms with van der Waals surface area (Å²) in [5.41, 5.74) is 5.14. The van der Waals surface area contributed by atoms with Gasteiger partial charge in [0, 0.05) is 24.5 Å². The Morgan fingerprint density at radius 3 is 2.14 bits per heavy atom. The van der Waals surface area contributed by atoms with Crippen molar-refractivity contribution < 1.29 is 19.4 Å². The summed E-state index contributed by atoms with van der Waals surface area (Å²) in [7, 11) is 0. The van der Waals surface area contributed by atoms with E-state index < -0.39 is 17.8 Å². The standard InChI is InChI=1S/C14H29N3O4/c1-9(2)17(13(19)20)8-11(7-15)10(3)16-12(18)21-14(4,5)6/h9-11H,7-8,15H2,1-6H3,(H,16,18)(H,19,20)/t10-,11?/m1/s1. The summed E-state index contributed by atoms with van der Waals surface area (Å²) in [5.74, 6) is -0.184. The Morgan fingerprint density at radius 2 is 1.81 bits per heavy atom. The molecule has 0 fully saturated rings. The van der Waals surface area contributed by atoms with Crippen LogP contribution in [0.2, 0.25) is 0 Å². The zero-order valence-electron chi connectivity index (χ0n) is 13.8. The minimum Gasteiger partial charge on any atom is -0.465 e. The van der Waals surface area contributed by atoms with Gasteiger partial charge < -0.3 is 25.8 Å². The van der Waals surface area contributed by atoms with Gasteiger partial charge >= 0.3 is 12.2 Å². The minimum absolute atomic E-state index is 0.148. The van der Waals surface area contributed by atoms with E-state index in [0.29, 0.717) is 0 Å². The Bertz CT molecular complexity index is 353. The van der Waals surface area contributed by atoms with Gasteiger partial charge in [-0.3, -0.25) is 0 Å². The molecule has 0 aromatic heterocycles. The lowest BCUT2D eigenvalue weighted by molar-refractivity contribution is 0.0484. The first-order valence-electron chi connectivity index (χ1n) is 7.17. The van der Waals surface area contributed by atoms with E-state index in [4.69, 9.17) is 10.5 Å². The first-order valence-corrected chi connectivity index (χ1v) is 7.17. The van der Waals surface area contributed by atoms with Crippen LogP contribution < -0.4 is 11.1 Å². The summed E-state index contributed by atoms with van der Waals surface area (Å²) in [5, 5.41) is 11.9. The highest BCUT2D eigenvalue weighted by molar-refractivity contribution is 5.68. The van der Waals surface area contributed by atoms with Crippen molar-refractivity contribution in [2.45, 2.75) is 59.2 Å². The number of nitrogens with two attached hydrogens (primary N) is 1. The molecule has 0 aromatic carbocycles. The summed E-state index contributed by atoms with van der Waals surface area (Å²) >= 11 is 0. The fraction of sp³-hybridized carbons (Fsp3) is 0.857. The average molecular weight is 303 g/mol. The van der Waals surface area contributed by atoms with Gasteiger partial charge in [0.15, 0.2) is 0 Å². The van der Waals surface area contributed by atoms with Crippen LogP contribution in [0.15, 0.2) is 0 Å². The summed E-state index contributed by atoms with van der Waals surface area (Å²) in [6, 6.07) is -0.435. The molecule has 0 radical (unpaired) electrons. The van der Waals surface area contributed by atoms with Gasteiger partial charge in [-0.25, -0.2) is 9.59 Å². The molecule has 0 aromatic rings. The quantitative estimate of drug-likeness (QED) is 0.694. The summed E-state index contributed by atoms with van der Waals surface area (Å²) in [4.78, 5) is 24.2. The van der Waals surface area contributed by atoms with E-state index in [0.717, 1.165) is 0 Å². The highest BCUT2D eigenvalue weighted by Crippen LogP contribution is 2.11. The van der Waals surface area contributed by atoms with Crippen molar-refractivity contribution in [3.8, 4) is 0 Å². The number of hydrogen-bond donors (Lipinski definition) is 3. The predicted molar refractivity (Wildman–Crippen MR) is 81.2 cm³/mol. The lowest BCUT2D eigenvalue weighted by Crippen LogP contribution is -2.49. The third kappa shape index (κ3) is 7.75. The number of carbonyl (C=O) groups excluding carboxylic acids is 1. The summed E-state index contributed by atoms with van der Waals surface area (Å²) < 4.78 is 5.18. The first kappa shape index (κ1) is 19.5. The van der Waals surface area contributed by atoms with Crippen LogP contribution in [0, 0.1) is 5.92 Å². The van der Waals surface area contributed by atoms with E-state index >= 15 is 0 Å². The maximum Gasteiger partial charge on any atom is 0.407 e. The van der Waals surface area contributed by atoms with Crippen molar-refractivity contribution in [2.75, 3.05) is 13.1 Å². The van der Waals surface area contributed by atoms with Crippen molar-refractivity contribution in [3.63, 3.8) is 0 Å². The molecule has 7 heteroatoms. The fourth-order valence-corrected chi connectivity index (χ4v) is 1.81. The Kier molecular flexibility index (Phi) is 7.49. The third-order valence-electron chi connectivity index (χ3n) is 3.05. The number of carbonyl (C=O) groups is 2. The second kappa shape index (κ2) is 8.07. The molecule has 4 N–H and O–H groups in total. The molecule has 21 heavy (non-hydrogen) atoms. The zero-order valence-corrected chi connectivity index (χ0v) is 13.8. The van der Waals surface area contributed by atoms with E-state index in [1.165, 1.54) is 4.90 Å². The Morgan fingerprint density at radius 1 is 1.29 bits per heavy atom. The molecule has 0 saturated heterocycles. The van der Waals surface area contributed by atoms with Gasteiger partial charge in [-0.15, -0.1) is 0 Å². The highest BCUT2D eigenvalue weighted by atomic mass is 16.6. The number of rotatable bonds is 6. The van der Waals surface area contributed by atoms with Crippen LogP contribution in [0.5, 0.6) is 0 Å². The molecule has 2 amide bonds. The van der Waals surface area contributed by atoms with Crippen LogP contribution >= 0.6 is 0 Å². The van der Waals surface area contributed by atoms with Crippen molar-refractivity contribution in [1.82, 2.24) is 10.2 Å². The molecule has 0 rings (SSSR count). The molecule has 7 nitrogen and oxygen atoms in total. The first-order chi connectivity index (χ1) is 9.47. The molecule has 0 aliphatic carbocycles. The number of alkyl carbamates (subject to hydrolysis) is 1. The smallest absolute Gasteiger partial charge is 0.407 e. The van der Waals surface area contributed by atoms with Gasteiger partial charge in [-0.1, -0.05) is 0 Å². The molecule has 0 heterocycles. The van der Waals surface area contributed by atoms with Crippen LogP contribution in [-0.2, 0) is 4.74 Å². The minimum atomic E-state index is -0.993. The SMILES string of the molecule is CC(C)N(CC(CN)[C@@H](C)NC(=O)OC(C)(C)C)C(=O)O. The number of hydrogen-bond acceptors (Lipinski definition) is 4. The molecular formula is C14H29N3O4. The van der Waals surface area contributed by atoms with E-state index in [1.54, 1.807) is 41.5 Å². The van der Waals surface area contributed by atoms with E-state index in [2.05, 4.69) is 5.32 Å². The van der Waals surface area contributed by atoms with Crippen LogP contribution in [-0.4, -0.2) is 53.0 Å². The molecule has 124 valence electrons. The van der Waals surface area contributed by atoms with Gasteiger partial charge in [0.25, 0.3) is 0 Å². The topological polar surface area (TPSA) is 105 Å². The van der Waals surface area contributed by atoms with Gasteiger partial charge in [0.1, 0.15) is 5.60 Å². The number of ether oxygens (including phenoxy) is 1. The lowest BCUT2D eigenvalue weighted by Gasteiger charge is -2.31. The Hall–Kier alpha value is -1.50. The zero-order chi connectivity index (χ0) is 16.8. The maximum atomic E-state index is 11.7. The van der Waals surface area contributed by atoms with Crippen molar-refractivity contribution in [3.05, 3.63) is 0 Å². The fourth-order valence-electron chi connectivity index (χ4n) is 1.81. The van der Waals surface area contributed by atoms with Crippen molar-refractivity contribution in [1.29, 1.82) is 0 Å². The third-order valence-corrected chi connectivity index (χ3v) is 3.05. The number of amides is 2. The van der Waals surface area contributed by atoms with E-state index in [1.807, 2.05) is 0 Å². The largest absolute Gasteiger partial charge is 0.465 e. The second-order valence-electron chi connectivity index (χ2n) is 6.46. The van der Waals surface area contributed by atoms with Crippen LogP contribution in [0.3, 0.4) is 0 Å². The molecule has 0 saturated carbocycles. The van der Waals surface area contributed by atoms with Crippen LogP contribution in [0.4, 0.5) is 9.59 Å². The van der Waals surface area contributed by atoms with Crippen molar-refractivity contribution >= 4 is 12.2 Å². The van der Waals surface area contributed by atoms with Gasteiger partial charge in [-0.2, -0.15) is 0 Å². The Labute approximate surface area is 126 Å². The van der Waals surface area contributed by atoms with Crippen LogP contribution in [0.1, 0.15) is 41.5 Å². The molecule has 0 aliphatic heterocycles. The molecule has 0 aliphatic rings. The maximum absolute atomic E-state index is 11.7. The second-order valence-corrected chi connectivity index (χ2v) is 6.46.